The molecule has 0 radical (unpaired) electrons. The minimum Gasteiger partial charge on any atom is -0.460 e. The minimum atomic E-state index is -1.51. The Morgan fingerprint density at radius 3 is 2.67 bits per heavy atom. The molecule has 2 aromatic carbocycles. The van der Waals surface area contributed by atoms with Crippen molar-refractivity contribution >= 4 is 27.8 Å². The Morgan fingerprint density at radius 1 is 1.19 bits per heavy atom. The van der Waals surface area contributed by atoms with Gasteiger partial charge in [-0.1, -0.05) is 43.7 Å². The molecule has 0 saturated carbocycles. The maximum atomic E-state index is 13.1. The zero-order valence-corrected chi connectivity index (χ0v) is 16.0. The lowest BCUT2D eigenvalue weighted by atomic mass is 9.98. The van der Waals surface area contributed by atoms with Crippen molar-refractivity contribution in [2.75, 3.05) is 6.26 Å². The molecule has 0 aliphatic rings. The van der Waals surface area contributed by atoms with Crippen LogP contribution in [0.5, 0.6) is 5.75 Å². The Labute approximate surface area is 160 Å². The van der Waals surface area contributed by atoms with Crippen molar-refractivity contribution in [1.82, 2.24) is 5.64 Å². The molecule has 0 spiro atoms. The summed E-state index contributed by atoms with van der Waals surface area (Å²) in [7, 11) is 0. The number of carbonyl (C=O) groups excluding carboxylic acids is 1. The Bertz CT molecular complexity index is 952. The van der Waals surface area contributed by atoms with Gasteiger partial charge >= 0.3 is 0 Å². The Kier molecular flexibility index (Phi) is 6.39. The van der Waals surface area contributed by atoms with Crippen LogP contribution in [0.25, 0.3) is 11.0 Å². The Balaban J connectivity index is 2.00. The second kappa shape index (κ2) is 8.94. The molecule has 0 bridgehead atoms. The van der Waals surface area contributed by atoms with Crippen LogP contribution in [0.3, 0.4) is 0 Å². The SMILES string of the molecule is CCCCc1oc2ccc(ONOS(C)=O)cc2c1C(=O)c1ccccc1. The summed E-state index contributed by atoms with van der Waals surface area (Å²) in [4.78, 5) is 18.4. The number of ketones is 1. The van der Waals surface area contributed by atoms with Crippen LogP contribution in [0, 0.1) is 0 Å². The van der Waals surface area contributed by atoms with Crippen molar-refractivity contribution in [3.8, 4) is 5.75 Å². The van der Waals surface area contributed by atoms with Crippen LogP contribution in [0.4, 0.5) is 0 Å². The van der Waals surface area contributed by atoms with Crippen molar-refractivity contribution in [2.45, 2.75) is 26.2 Å². The predicted molar refractivity (Wildman–Crippen MR) is 104 cm³/mol. The number of unbranched alkanes of at least 4 members (excludes halogenated alkanes) is 1. The molecule has 0 aliphatic carbocycles. The van der Waals surface area contributed by atoms with Gasteiger partial charge in [-0.15, -0.1) is 0 Å². The van der Waals surface area contributed by atoms with Crippen molar-refractivity contribution < 1.29 is 22.5 Å². The van der Waals surface area contributed by atoms with Gasteiger partial charge in [0.2, 0.25) is 0 Å². The van der Waals surface area contributed by atoms with Gasteiger partial charge in [-0.25, -0.2) is 4.21 Å². The number of hydrogen-bond acceptors (Lipinski definition) is 6. The van der Waals surface area contributed by atoms with E-state index in [1.54, 1.807) is 30.3 Å². The third kappa shape index (κ3) is 4.63. The number of nitrogens with one attached hydrogen (secondary N) is 1. The van der Waals surface area contributed by atoms with Gasteiger partial charge in [0.25, 0.3) is 0 Å². The topological polar surface area (TPSA) is 77.8 Å². The van der Waals surface area contributed by atoms with Gasteiger partial charge in [-0.05, 0) is 30.3 Å². The van der Waals surface area contributed by atoms with Crippen LogP contribution in [0.2, 0.25) is 0 Å². The second-order valence-corrected chi connectivity index (χ2v) is 7.00. The summed E-state index contributed by atoms with van der Waals surface area (Å²) in [6.45, 7) is 2.09. The highest BCUT2D eigenvalue weighted by molar-refractivity contribution is 7.79. The van der Waals surface area contributed by atoms with E-state index in [1.165, 1.54) is 6.26 Å². The summed E-state index contributed by atoms with van der Waals surface area (Å²) in [6, 6.07) is 14.3. The van der Waals surface area contributed by atoms with Gasteiger partial charge in [-0.2, -0.15) is 4.28 Å². The number of carbonyl (C=O) groups is 1. The first kappa shape index (κ1) is 19.3. The van der Waals surface area contributed by atoms with Crippen LogP contribution < -0.4 is 10.5 Å². The highest BCUT2D eigenvalue weighted by Crippen LogP contribution is 2.32. The third-order valence-corrected chi connectivity index (χ3v) is 4.37. The number of aryl methyl sites for hydroxylation is 1. The first-order chi connectivity index (χ1) is 13.1. The van der Waals surface area contributed by atoms with E-state index in [9.17, 15) is 9.00 Å². The van der Waals surface area contributed by atoms with E-state index in [1.807, 2.05) is 18.2 Å². The fourth-order valence-corrected chi connectivity index (χ4v) is 2.93. The molecule has 1 atom stereocenters. The van der Waals surface area contributed by atoms with E-state index in [2.05, 4.69) is 16.9 Å². The van der Waals surface area contributed by atoms with Crippen molar-refractivity contribution in [2.24, 2.45) is 0 Å². The zero-order chi connectivity index (χ0) is 19.2. The number of benzene rings is 2. The second-order valence-electron chi connectivity index (χ2n) is 6.03. The van der Waals surface area contributed by atoms with E-state index < -0.39 is 11.1 Å². The van der Waals surface area contributed by atoms with E-state index in [0.717, 1.165) is 12.8 Å². The molecular weight excluding hydrogens is 366 g/mol. The summed E-state index contributed by atoms with van der Waals surface area (Å²) < 4.78 is 21.6. The number of rotatable bonds is 9. The van der Waals surface area contributed by atoms with Gasteiger partial charge in [0.05, 0.1) is 5.56 Å². The third-order valence-electron chi connectivity index (χ3n) is 4.06. The van der Waals surface area contributed by atoms with Gasteiger partial charge in [0.15, 0.2) is 22.6 Å². The molecule has 6 nitrogen and oxygen atoms in total. The number of furan rings is 1. The highest BCUT2D eigenvalue weighted by atomic mass is 32.2. The molecule has 0 fully saturated rings. The average Bonchev–Trinajstić information content (AvgIpc) is 3.03. The van der Waals surface area contributed by atoms with Crippen LogP contribution in [-0.4, -0.2) is 16.2 Å². The molecule has 0 amide bonds. The first-order valence-electron chi connectivity index (χ1n) is 8.68. The van der Waals surface area contributed by atoms with Crippen LogP contribution in [-0.2, 0) is 21.8 Å². The van der Waals surface area contributed by atoms with Gasteiger partial charge in [0, 0.05) is 23.6 Å². The molecule has 3 aromatic rings. The first-order valence-corrected chi connectivity index (χ1v) is 10.2. The summed E-state index contributed by atoms with van der Waals surface area (Å²) in [6.07, 6.45) is 3.98. The molecular formula is C20H21NO5S. The summed E-state index contributed by atoms with van der Waals surface area (Å²) in [5, 5.41) is 0.673. The van der Waals surface area contributed by atoms with Gasteiger partial charge in [0.1, 0.15) is 11.3 Å². The molecule has 1 unspecified atom stereocenters. The lowest BCUT2D eigenvalue weighted by Gasteiger charge is -2.05. The molecule has 1 heterocycles. The number of fused-ring (bicyclic) bond motifs is 1. The molecule has 0 saturated heterocycles. The maximum absolute atomic E-state index is 13.1. The van der Waals surface area contributed by atoms with E-state index >= 15 is 0 Å². The number of hydrogen-bond donors (Lipinski definition) is 1. The van der Waals surface area contributed by atoms with Crippen LogP contribution in [0.15, 0.2) is 52.9 Å². The monoisotopic (exact) mass is 387 g/mol. The lowest BCUT2D eigenvalue weighted by molar-refractivity contribution is -0.00693. The van der Waals surface area contributed by atoms with Crippen molar-refractivity contribution in [3.63, 3.8) is 0 Å². The molecule has 1 N–H and O–H groups in total. The van der Waals surface area contributed by atoms with Crippen LogP contribution >= 0.6 is 0 Å². The standard InChI is InChI=1S/C20H21NO5S/c1-3-4-10-18-19(20(22)14-8-6-5-7-9-14)16-13-15(11-12-17(16)24-18)25-21-26-27(2)23/h5-9,11-13,21H,3-4,10H2,1-2H3. The minimum absolute atomic E-state index is 0.0866. The Morgan fingerprint density at radius 2 is 1.96 bits per heavy atom. The molecule has 3 rings (SSSR count). The maximum Gasteiger partial charge on any atom is 0.197 e. The largest absolute Gasteiger partial charge is 0.460 e. The van der Waals surface area contributed by atoms with E-state index in [4.69, 9.17) is 9.25 Å². The van der Waals surface area contributed by atoms with Crippen molar-refractivity contribution in [3.05, 3.63) is 65.4 Å². The molecule has 142 valence electrons. The average molecular weight is 387 g/mol. The molecule has 7 heteroatoms. The van der Waals surface area contributed by atoms with Crippen LogP contribution in [0.1, 0.15) is 41.4 Å². The molecule has 0 aliphatic heterocycles. The molecule has 1 aromatic heterocycles. The lowest BCUT2D eigenvalue weighted by Crippen LogP contribution is -2.19. The highest BCUT2D eigenvalue weighted by Gasteiger charge is 2.22. The summed E-state index contributed by atoms with van der Waals surface area (Å²) >= 11 is -1.51. The molecule has 27 heavy (non-hydrogen) atoms. The zero-order valence-electron chi connectivity index (χ0n) is 15.2. The summed E-state index contributed by atoms with van der Waals surface area (Å²) in [5.74, 6) is 1.01. The quantitative estimate of drug-likeness (QED) is 0.440. The van der Waals surface area contributed by atoms with Gasteiger partial charge in [-0.3, -0.25) is 4.79 Å². The Hall–Kier alpha value is -2.48. The fraction of sp³-hybridized carbons (Fsp3) is 0.250. The van der Waals surface area contributed by atoms with E-state index in [0.29, 0.717) is 40.0 Å². The smallest absolute Gasteiger partial charge is 0.197 e. The summed E-state index contributed by atoms with van der Waals surface area (Å²) in [5.41, 5.74) is 3.94. The van der Waals surface area contributed by atoms with E-state index in [-0.39, 0.29) is 5.78 Å². The fourth-order valence-electron chi connectivity index (χ4n) is 2.80. The van der Waals surface area contributed by atoms with Gasteiger partial charge < -0.3 is 9.25 Å². The van der Waals surface area contributed by atoms with Crippen molar-refractivity contribution in [1.29, 1.82) is 0 Å². The normalized spacial score (nSPS) is 12.2. The predicted octanol–water partition coefficient (Wildman–Crippen LogP) is 4.11.